The Morgan fingerprint density at radius 3 is 1.78 bits per heavy atom. The van der Waals surface area contributed by atoms with E-state index in [2.05, 4.69) is 0 Å². The Balaban J connectivity index is 1.64. The highest BCUT2D eigenvalue weighted by molar-refractivity contribution is 7.86. The van der Waals surface area contributed by atoms with Crippen LogP contribution in [0.2, 0.25) is 0 Å². The minimum Gasteiger partial charge on any atom is -0.366 e. The van der Waals surface area contributed by atoms with Gasteiger partial charge in [-0.2, -0.15) is 8.42 Å². The van der Waals surface area contributed by atoms with Crippen LogP contribution < -0.4 is 0 Å². The molecule has 0 aromatic heterocycles. The summed E-state index contributed by atoms with van der Waals surface area (Å²) in [5.41, 5.74) is 3.00. The minimum absolute atomic E-state index is 0.0492. The second-order valence-corrected chi connectivity index (χ2v) is 7.78. The molecule has 0 aliphatic rings. The van der Waals surface area contributed by atoms with Gasteiger partial charge in [-0.15, -0.1) is 0 Å². The van der Waals surface area contributed by atoms with Crippen molar-refractivity contribution in [2.45, 2.75) is 17.9 Å². The van der Waals surface area contributed by atoms with Crippen LogP contribution in [-0.4, -0.2) is 21.6 Å². The van der Waals surface area contributed by atoms with E-state index in [1.165, 1.54) is 0 Å². The lowest BCUT2D eigenvalue weighted by Gasteiger charge is -2.19. The average Bonchev–Trinajstić information content (AvgIpc) is 2.69. The van der Waals surface area contributed by atoms with E-state index in [-0.39, 0.29) is 24.2 Å². The van der Waals surface area contributed by atoms with E-state index >= 15 is 0 Å². The van der Waals surface area contributed by atoms with Crippen LogP contribution >= 0.6 is 0 Å². The number of ether oxygens (including phenoxy) is 1. The topological polar surface area (TPSA) is 52.6 Å². The summed E-state index contributed by atoms with van der Waals surface area (Å²) in [4.78, 5) is 0.149. The zero-order valence-corrected chi connectivity index (χ0v) is 15.9. The highest BCUT2D eigenvalue weighted by atomic mass is 32.2. The van der Waals surface area contributed by atoms with Crippen LogP contribution in [0.25, 0.3) is 0 Å². The molecule has 0 atom stereocenters. The van der Waals surface area contributed by atoms with Crippen molar-refractivity contribution in [1.29, 1.82) is 0 Å². The maximum Gasteiger partial charge on any atom is 0.297 e. The fourth-order valence-electron chi connectivity index (χ4n) is 2.72. The monoisotopic (exact) mass is 382 g/mol. The van der Waals surface area contributed by atoms with Gasteiger partial charge in [0.25, 0.3) is 10.1 Å². The van der Waals surface area contributed by atoms with Gasteiger partial charge in [-0.05, 0) is 30.2 Å². The summed E-state index contributed by atoms with van der Waals surface area (Å²) in [6.45, 7) is 2.00. The number of hydrogen-bond acceptors (Lipinski definition) is 4. The quantitative estimate of drug-likeness (QED) is 0.425. The Labute approximate surface area is 160 Å². The number of hydrogen-bond donors (Lipinski definition) is 0. The van der Waals surface area contributed by atoms with E-state index in [0.717, 1.165) is 16.7 Å². The maximum atomic E-state index is 12.3. The Morgan fingerprint density at radius 1 is 0.741 bits per heavy atom. The Bertz CT molecular complexity index is 897. The van der Waals surface area contributed by atoms with Crippen LogP contribution in [0.3, 0.4) is 0 Å². The number of rotatable bonds is 8. The Kier molecular flexibility index (Phi) is 6.40. The molecule has 4 nitrogen and oxygen atoms in total. The van der Waals surface area contributed by atoms with Crippen molar-refractivity contribution < 1.29 is 17.3 Å². The van der Waals surface area contributed by atoms with E-state index in [9.17, 15) is 8.42 Å². The third-order valence-corrected chi connectivity index (χ3v) is 5.45. The molecule has 0 bridgehead atoms. The molecule has 0 saturated heterocycles. The average molecular weight is 382 g/mol. The third-order valence-electron chi connectivity index (χ3n) is 4.12. The van der Waals surface area contributed by atoms with Gasteiger partial charge in [0.15, 0.2) is 0 Å². The van der Waals surface area contributed by atoms with Gasteiger partial charge in [0.1, 0.15) is 6.10 Å². The second-order valence-electron chi connectivity index (χ2n) is 6.16. The van der Waals surface area contributed by atoms with Crippen molar-refractivity contribution in [3.05, 3.63) is 102 Å². The first-order chi connectivity index (χ1) is 13.1. The van der Waals surface area contributed by atoms with Crippen LogP contribution in [0.1, 0.15) is 22.8 Å². The van der Waals surface area contributed by atoms with Gasteiger partial charge < -0.3 is 4.74 Å². The largest absolute Gasteiger partial charge is 0.366 e. The zero-order chi connectivity index (χ0) is 19.1. The fraction of sp³-hybridized carbons (Fsp3) is 0.182. The van der Waals surface area contributed by atoms with Crippen molar-refractivity contribution in [3.63, 3.8) is 0 Å². The molecule has 0 amide bonds. The summed E-state index contributed by atoms with van der Waals surface area (Å²) in [5.74, 6) is 0. The second kappa shape index (κ2) is 8.95. The van der Waals surface area contributed by atoms with Crippen molar-refractivity contribution in [2.75, 3.05) is 13.2 Å². The summed E-state index contributed by atoms with van der Waals surface area (Å²) in [6.07, 6.45) is -0.280. The highest BCUT2D eigenvalue weighted by Gasteiger charge is 2.17. The van der Waals surface area contributed by atoms with Crippen molar-refractivity contribution in [1.82, 2.24) is 0 Å². The lowest BCUT2D eigenvalue weighted by molar-refractivity contribution is 0.0574. The SMILES string of the molecule is Cc1ccc(S(=O)(=O)OCCOC(c2ccccc2)c2ccccc2)cc1. The zero-order valence-electron chi connectivity index (χ0n) is 15.1. The van der Waals surface area contributed by atoms with Crippen molar-refractivity contribution in [3.8, 4) is 0 Å². The summed E-state index contributed by atoms with van der Waals surface area (Å²) >= 11 is 0. The lowest BCUT2D eigenvalue weighted by Crippen LogP contribution is -2.14. The smallest absolute Gasteiger partial charge is 0.297 e. The molecule has 3 aromatic rings. The molecular weight excluding hydrogens is 360 g/mol. The summed E-state index contributed by atoms with van der Waals surface area (Å²) in [6, 6.07) is 26.2. The molecule has 5 heteroatoms. The molecular formula is C22H22O4S. The van der Waals surface area contributed by atoms with E-state index in [1.807, 2.05) is 67.6 Å². The molecule has 0 aliphatic carbocycles. The van der Waals surface area contributed by atoms with Gasteiger partial charge in [0.2, 0.25) is 0 Å². The highest BCUT2D eigenvalue weighted by Crippen LogP contribution is 2.25. The van der Waals surface area contributed by atoms with Crippen molar-refractivity contribution in [2.24, 2.45) is 0 Å². The van der Waals surface area contributed by atoms with Gasteiger partial charge in [-0.1, -0.05) is 78.4 Å². The molecule has 3 rings (SSSR count). The summed E-state index contributed by atoms with van der Waals surface area (Å²) in [7, 11) is -3.78. The van der Waals surface area contributed by atoms with E-state index < -0.39 is 10.1 Å². The van der Waals surface area contributed by atoms with Crippen LogP contribution in [-0.2, 0) is 19.0 Å². The van der Waals surface area contributed by atoms with Crippen molar-refractivity contribution >= 4 is 10.1 Å². The number of aryl methyl sites for hydroxylation is 1. The predicted molar refractivity (Wildman–Crippen MR) is 105 cm³/mol. The molecule has 0 radical (unpaired) electrons. The molecule has 0 N–H and O–H groups in total. The normalized spacial score (nSPS) is 11.6. The minimum atomic E-state index is -3.78. The first kappa shape index (κ1) is 19.3. The molecule has 0 spiro atoms. The number of benzene rings is 3. The van der Waals surface area contributed by atoms with Crippen LogP contribution in [0.15, 0.2) is 89.8 Å². The lowest BCUT2D eigenvalue weighted by atomic mass is 10.0. The fourth-order valence-corrected chi connectivity index (χ4v) is 3.62. The van der Waals surface area contributed by atoms with Gasteiger partial charge >= 0.3 is 0 Å². The van der Waals surface area contributed by atoms with E-state index in [1.54, 1.807) is 24.3 Å². The van der Waals surface area contributed by atoms with Gasteiger partial charge in [0.05, 0.1) is 18.1 Å². The molecule has 0 heterocycles. The predicted octanol–water partition coefficient (Wildman–Crippen LogP) is 4.51. The molecule has 0 fully saturated rings. The van der Waals surface area contributed by atoms with Gasteiger partial charge in [-0.3, -0.25) is 4.18 Å². The molecule has 0 saturated carbocycles. The standard InChI is InChI=1S/C22H22O4S/c1-18-12-14-21(15-13-18)27(23,24)26-17-16-25-22(19-8-4-2-5-9-19)20-10-6-3-7-11-20/h2-15,22H,16-17H2,1H3. The third kappa shape index (κ3) is 5.26. The van der Waals surface area contributed by atoms with Gasteiger partial charge in [0, 0.05) is 0 Å². The molecule has 140 valence electrons. The van der Waals surface area contributed by atoms with E-state index in [0.29, 0.717) is 0 Å². The summed E-state index contributed by atoms with van der Waals surface area (Å²) in [5, 5.41) is 0. The summed E-state index contributed by atoms with van der Waals surface area (Å²) < 4.78 is 35.6. The molecule has 0 unspecified atom stereocenters. The first-order valence-corrected chi connectivity index (χ1v) is 10.1. The maximum absolute atomic E-state index is 12.3. The molecule has 3 aromatic carbocycles. The van der Waals surface area contributed by atoms with Crippen LogP contribution in [0, 0.1) is 6.92 Å². The van der Waals surface area contributed by atoms with Crippen LogP contribution in [0.4, 0.5) is 0 Å². The first-order valence-electron chi connectivity index (χ1n) is 8.74. The van der Waals surface area contributed by atoms with Gasteiger partial charge in [-0.25, -0.2) is 0 Å². The molecule has 0 aliphatic heterocycles. The molecule has 27 heavy (non-hydrogen) atoms. The Morgan fingerprint density at radius 2 is 1.26 bits per heavy atom. The van der Waals surface area contributed by atoms with Crippen LogP contribution in [0.5, 0.6) is 0 Å². The Hall–Kier alpha value is -2.47. The van der Waals surface area contributed by atoms with E-state index in [4.69, 9.17) is 8.92 Å².